The Morgan fingerprint density at radius 1 is 1.27 bits per heavy atom. The van der Waals surface area contributed by atoms with E-state index >= 15 is 0 Å². The third-order valence-corrected chi connectivity index (χ3v) is 1.79. The van der Waals surface area contributed by atoms with Gasteiger partial charge in [0.05, 0.1) is 6.61 Å². The molecule has 0 aromatic carbocycles. The van der Waals surface area contributed by atoms with Gasteiger partial charge in [0.25, 0.3) is 0 Å². The highest BCUT2D eigenvalue weighted by atomic mass is 16.7. The first-order valence-electron chi connectivity index (χ1n) is 3.90. The lowest BCUT2D eigenvalue weighted by atomic mass is 10.0. The van der Waals surface area contributed by atoms with Crippen LogP contribution in [0.1, 0.15) is 0 Å². The zero-order valence-electron chi connectivity index (χ0n) is 7.68. The molecule has 4 unspecified atom stereocenters. The van der Waals surface area contributed by atoms with Crippen LogP contribution in [0.4, 0.5) is 0 Å². The SMILES string of the molecule is NOC(CO)C(O)C(ON)C(O)C(=O)O. The van der Waals surface area contributed by atoms with E-state index in [2.05, 4.69) is 9.68 Å². The third-order valence-electron chi connectivity index (χ3n) is 1.79. The van der Waals surface area contributed by atoms with Gasteiger partial charge < -0.3 is 20.4 Å². The highest BCUT2D eigenvalue weighted by Gasteiger charge is 2.37. The van der Waals surface area contributed by atoms with Crippen molar-refractivity contribution < 1.29 is 34.9 Å². The lowest BCUT2D eigenvalue weighted by molar-refractivity contribution is -0.179. The minimum atomic E-state index is -2.06. The molecular weight excluding hydrogens is 212 g/mol. The summed E-state index contributed by atoms with van der Waals surface area (Å²) < 4.78 is 0. The fraction of sp³-hybridized carbons (Fsp3) is 0.833. The minimum absolute atomic E-state index is 0.691. The van der Waals surface area contributed by atoms with Crippen molar-refractivity contribution in [3.8, 4) is 0 Å². The van der Waals surface area contributed by atoms with Crippen molar-refractivity contribution in [2.75, 3.05) is 6.61 Å². The van der Waals surface area contributed by atoms with Gasteiger partial charge in [0.2, 0.25) is 0 Å². The van der Waals surface area contributed by atoms with Crippen LogP contribution >= 0.6 is 0 Å². The molecule has 90 valence electrons. The van der Waals surface area contributed by atoms with Crippen molar-refractivity contribution in [2.45, 2.75) is 24.4 Å². The number of aliphatic hydroxyl groups excluding tert-OH is 3. The maximum absolute atomic E-state index is 10.4. The Morgan fingerprint density at radius 2 is 1.80 bits per heavy atom. The summed E-state index contributed by atoms with van der Waals surface area (Å²) in [4.78, 5) is 18.6. The summed E-state index contributed by atoms with van der Waals surface area (Å²) >= 11 is 0. The Balaban J connectivity index is 4.57. The number of nitrogens with two attached hydrogens (primary N) is 2. The van der Waals surface area contributed by atoms with Crippen LogP contribution in [0.15, 0.2) is 0 Å². The molecule has 0 aliphatic heterocycles. The van der Waals surface area contributed by atoms with Gasteiger partial charge in [-0.15, -0.1) is 0 Å². The summed E-state index contributed by atoms with van der Waals surface area (Å²) in [6.45, 7) is -0.691. The van der Waals surface area contributed by atoms with Gasteiger partial charge in [0.1, 0.15) is 18.3 Å². The van der Waals surface area contributed by atoms with Gasteiger partial charge in [-0.3, -0.25) is 9.68 Å². The van der Waals surface area contributed by atoms with E-state index < -0.39 is 37.0 Å². The summed E-state index contributed by atoms with van der Waals surface area (Å²) in [6, 6.07) is 0. The van der Waals surface area contributed by atoms with Gasteiger partial charge in [0, 0.05) is 0 Å². The molecule has 0 aromatic rings. The molecule has 0 amide bonds. The topological polar surface area (TPSA) is 168 Å². The molecule has 0 spiro atoms. The molecule has 0 aliphatic rings. The average Bonchev–Trinajstić information content (AvgIpc) is 2.20. The fourth-order valence-corrected chi connectivity index (χ4v) is 0.925. The van der Waals surface area contributed by atoms with Crippen LogP contribution < -0.4 is 11.8 Å². The lowest BCUT2D eigenvalue weighted by Gasteiger charge is -2.27. The van der Waals surface area contributed by atoms with E-state index in [1.807, 2.05) is 0 Å². The van der Waals surface area contributed by atoms with Gasteiger partial charge in [-0.05, 0) is 0 Å². The van der Waals surface area contributed by atoms with Gasteiger partial charge in [0.15, 0.2) is 6.10 Å². The smallest absolute Gasteiger partial charge is 0.335 e. The molecule has 9 heteroatoms. The van der Waals surface area contributed by atoms with E-state index in [0.717, 1.165) is 0 Å². The third kappa shape index (κ3) is 3.68. The van der Waals surface area contributed by atoms with E-state index in [0.29, 0.717) is 0 Å². The molecule has 9 nitrogen and oxygen atoms in total. The molecule has 0 aliphatic carbocycles. The summed E-state index contributed by atoms with van der Waals surface area (Å²) in [6.07, 6.45) is -6.72. The fourth-order valence-electron chi connectivity index (χ4n) is 0.925. The molecule has 0 rings (SSSR count). The molecule has 4 atom stereocenters. The molecule has 0 heterocycles. The summed E-state index contributed by atoms with van der Waals surface area (Å²) in [5, 5.41) is 35.5. The van der Waals surface area contributed by atoms with Crippen molar-refractivity contribution in [3.63, 3.8) is 0 Å². The van der Waals surface area contributed by atoms with Crippen LogP contribution in [0.5, 0.6) is 0 Å². The number of carbonyl (C=O) groups is 1. The second kappa shape index (κ2) is 6.63. The quantitative estimate of drug-likeness (QED) is 0.239. The average molecular weight is 226 g/mol. The van der Waals surface area contributed by atoms with Crippen LogP contribution in [0.3, 0.4) is 0 Å². The van der Waals surface area contributed by atoms with E-state index in [9.17, 15) is 9.90 Å². The molecule has 8 N–H and O–H groups in total. The second-order valence-corrected chi connectivity index (χ2v) is 2.73. The van der Waals surface area contributed by atoms with Crippen molar-refractivity contribution in [3.05, 3.63) is 0 Å². The predicted molar refractivity (Wildman–Crippen MR) is 44.9 cm³/mol. The number of rotatable bonds is 7. The second-order valence-electron chi connectivity index (χ2n) is 2.73. The Hall–Kier alpha value is -0.810. The van der Waals surface area contributed by atoms with Crippen molar-refractivity contribution in [2.24, 2.45) is 11.8 Å². The Labute approximate surface area is 84.7 Å². The van der Waals surface area contributed by atoms with Crippen LogP contribution in [0, 0.1) is 0 Å². The van der Waals surface area contributed by atoms with E-state index in [-0.39, 0.29) is 0 Å². The normalized spacial score (nSPS) is 19.3. The zero-order valence-corrected chi connectivity index (χ0v) is 7.68. The van der Waals surface area contributed by atoms with Crippen LogP contribution in [0.2, 0.25) is 0 Å². The van der Waals surface area contributed by atoms with E-state index in [4.69, 9.17) is 27.1 Å². The van der Waals surface area contributed by atoms with Crippen LogP contribution in [-0.2, 0) is 14.5 Å². The predicted octanol–water partition coefficient (Wildman–Crippen LogP) is -3.70. The molecule has 0 saturated heterocycles. The van der Waals surface area contributed by atoms with Crippen LogP contribution in [-0.4, -0.2) is 57.4 Å². The minimum Gasteiger partial charge on any atom is -0.479 e. The van der Waals surface area contributed by atoms with Crippen LogP contribution in [0.25, 0.3) is 0 Å². The maximum atomic E-state index is 10.4. The number of hydrogen-bond donors (Lipinski definition) is 6. The number of aliphatic carboxylic acids is 1. The summed E-state index contributed by atoms with van der Waals surface area (Å²) in [5.41, 5.74) is 0. The maximum Gasteiger partial charge on any atom is 0.335 e. The first-order chi connectivity index (χ1) is 6.99. The highest BCUT2D eigenvalue weighted by molar-refractivity contribution is 5.72. The first kappa shape index (κ1) is 14.2. The molecule has 0 aromatic heterocycles. The molecule has 0 bridgehead atoms. The van der Waals surface area contributed by atoms with Crippen molar-refractivity contribution >= 4 is 5.97 Å². The standard InChI is InChI=1S/C6H14N2O7/c7-14-2(1-9)3(10)5(15-8)4(11)6(12)13/h2-5,9-11H,1,7-8H2,(H,12,13). The highest BCUT2D eigenvalue weighted by Crippen LogP contribution is 2.09. The van der Waals surface area contributed by atoms with Gasteiger partial charge in [-0.2, -0.15) is 0 Å². The summed E-state index contributed by atoms with van der Waals surface area (Å²) in [7, 11) is 0. The van der Waals surface area contributed by atoms with E-state index in [1.54, 1.807) is 0 Å². The van der Waals surface area contributed by atoms with Gasteiger partial charge >= 0.3 is 5.97 Å². The Morgan fingerprint density at radius 3 is 2.07 bits per heavy atom. The summed E-state index contributed by atoms with van der Waals surface area (Å²) in [5.74, 6) is 7.77. The first-order valence-corrected chi connectivity index (χ1v) is 3.90. The van der Waals surface area contributed by atoms with Crippen molar-refractivity contribution in [1.29, 1.82) is 0 Å². The molecule has 0 fully saturated rings. The monoisotopic (exact) mass is 226 g/mol. The van der Waals surface area contributed by atoms with Gasteiger partial charge in [-0.25, -0.2) is 16.6 Å². The molecule has 0 saturated carbocycles. The number of carboxylic acids is 1. The largest absolute Gasteiger partial charge is 0.479 e. The number of aliphatic hydroxyl groups is 3. The molecular formula is C6H14N2O7. The molecule has 0 radical (unpaired) electrons. The van der Waals surface area contributed by atoms with E-state index in [1.165, 1.54) is 0 Å². The number of hydrogen-bond acceptors (Lipinski definition) is 8. The number of carboxylic acid groups (broad SMARTS) is 1. The Bertz CT molecular complexity index is 198. The zero-order chi connectivity index (χ0) is 12.0. The van der Waals surface area contributed by atoms with Crippen molar-refractivity contribution in [1.82, 2.24) is 0 Å². The Kier molecular flexibility index (Phi) is 6.27. The molecule has 15 heavy (non-hydrogen) atoms. The van der Waals surface area contributed by atoms with Gasteiger partial charge in [-0.1, -0.05) is 0 Å². The lowest BCUT2D eigenvalue weighted by Crippen LogP contribution is -2.52.